The predicted octanol–water partition coefficient (Wildman–Crippen LogP) is 9.20. The molecule has 1 unspecified atom stereocenters. The first-order valence-corrected chi connectivity index (χ1v) is 15.8. The summed E-state index contributed by atoms with van der Waals surface area (Å²) in [6, 6.07) is 32.2. The fourth-order valence-corrected chi connectivity index (χ4v) is 6.94. The molecule has 0 amide bonds. The number of anilines is 1. The van der Waals surface area contributed by atoms with Gasteiger partial charge in [0.1, 0.15) is 17.3 Å². The molecule has 0 spiro atoms. The molecule has 3 aromatic heterocycles. The van der Waals surface area contributed by atoms with E-state index in [4.69, 9.17) is 15.0 Å². The molecule has 45 heavy (non-hydrogen) atoms. The van der Waals surface area contributed by atoms with Crippen LogP contribution in [0.25, 0.3) is 39.7 Å². The highest BCUT2D eigenvalue weighted by atomic mass is 15.1. The molecule has 0 bridgehead atoms. The highest BCUT2D eigenvalue weighted by Crippen LogP contribution is 2.37. The van der Waals surface area contributed by atoms with E-state index in [9.17, 15) is 0 Å². The number of para-hydroxylation sites is 1. The number of fused-ring (bicyclic) bond motifs is 6. The smallest absolute Gasteiger partial charge is 0.165 e. The van der Waals surface area contributed by atoms with Gasteiger partial charge >= 0.3 is 0 Å². The lowest BCUT2D eigenvalue weighted by atomic mass is 9.91. The molecule has 0 saturated carbocycles. The van der Waals surface area contributed by atoms with Crippen molar-refractivity contribution in [3.05, 3.63) is 155 Å². The van der Waals surface area contributed by atoms with Gasteiger partial charge in [0.15, 0.2) is 5.65 Å². The first-order valence-electron chi connectivity index (χ1n) is 15.8. The molecule has 4 heterocycles. The summed E-state index contributed by atoms with van der Waals surface area (Å²) in [6.45, 7) is 0. The SMILES string of the molecule is C1=CCCC(c2ccc(C3=NC(c4cccc(-c5nc6c(nc7ccccn76)c6c5CCC=C6)c4)Nc4ccccc43)cc2)=C1. The number of hydrogen-bond acceptors (Lipinski definition) is 4. The Kier molecular flexibility index (Phi) is 6.08. The van der Waals surface area contributed by atoms with Crippen LogP contribution in [0.1, 0.15) is 58.8 Å². The Balaban J connectivity index is 1.14. The summed E-state index contributed by atoms with van der Waals surface area (Å²) in [7, 11) is 0. The quantitative estimate of drug-likeness (QED) is 0.226. The maximum Gasteiger partial charge on any atom is 0.165 e. The first-order chi connectivity index (χ1) is 22.3. The monoisotopic (exact) mass is 581 g/mol. The highest BCUT2D eigenvalue weighted by Gasteiger charge is 2.25. The molecule has 6 aromatic rings. The molecule has 1 atom stereocenters. The van der Waals surface area contributed by atoms with Crippen molar-refractivity contribution in [3.63, 3.8) is 0 Å². The van der Waals surface area contributed by atoms with E-state index in [-0.39, 0.29) is 6.17 Å². The van der Waals surface area contributed by atoms with Crippen LogP contribution < -0.4 is 5.32 Å². The van der Waals surface area contributed by atoms with E-state index < -0.39 is 0 Å². The van der Waals surface area contributed by atoms with E-state index >= 15 is 0 Å². The summed E-state index contributed by atoms with van der Waals surface area (Å²) in [5, 5.41) is 3.72. The van der Waals surface area contributed by atoms with Gasteiger partial charge in [0.05, 0.1) is 11.4 Å². The number of pyridine rings is 2. The molecule has 1 N–H and O–H groups in total. The molecule has 3 aliphatic rings. The van der Waals surface area contributed by atoms with Gasteiger partial charge in [-0.05, 0) is 72.2 Å². The maximum atomic E-state index is 5.34. The zero-order chi connectivity index (χ0) is 29.7. The van der Waals surface area contributed by atoms with Crippen LogP contribution in [0.15, 0.2) is 126 Å². The van der Waals surface area contributed by atoms with Gasteiger partial charge in [-0.1, -0.05) is 97.1 Å². The number of rotatable bonds is 4. The number of benzene rings is 3. The minimum Gasteiger partial charge on any atom is -0.360 e. The van der Waals surface area contributed by atoms with Gasteiger partial charge in [-0.2, -0.15) is 0 Å². The Hall–Kier alpha value is -5.55. The normalized spacial score (nSPS) is 17.0. The minimum atomic E-state index is -0.226. The van der Waals surface area contributed by atoms with Crippen LogP contribution >= 0.6 is 0 Å². The van der Waals surface area contributed by atoms with E-state index in [0.717, 1.165) is 81.8 Å². The van der Waals surface area contributed by atoms with E-state index in [1.807, 2.05) is 24.4 Å². The molecule has 3 aromatic carbocycles. The van der Waals surface area contributed by atoms with E-state index in [1.54, 1.807) is 0 Å². The van der Waals surface area contributed by atoms with Gasteiger partial charge in [0.2, 0.25) is 0 Å². The molecular weight excluding hydrogens is 550 g/mol. The van der Waals surface area contributed by atoms with E-state index in [1.165, 1.54) is 22.3 Å². The number of nitrogens with one attached hydrogen (secondary N) is 1. The summed E-state index contributed by atoms with van der Waals surface area (Å²) >= 11 is 0. The Morgan fingerprint density at radius 1 is 0.756 bits per heavy atom. The number of allylic oxidation sites excluding steroid dienone is 5. The second-order valence-corrected chi connectivity index (χ2v) is 11.9. The molecule has 216 valence electrons. The van der Waals surface area contributed by atoms with E-state index in [0.29, 0.717) is 0 Å². The van der Waals surface area contributed by atoms with Crippen molar-refractivity contribution in [3.8, 4) is 11.3 Å². The lowest BCUT2D eigenvalue weighted by molar-refractivity contribution is 0.828. The number of aromatic nitrogens is 3. The zero-order valence-electron chi connectivity index (χ0n) is 24.8. The van der Waals surface area contributed by atoms with Crippen molar-refractivity contribution in [2.45, 2.75) is 31.8 Å². The summed E-state index contributed by atoms with van der Waals surface area (Å²) in [5.74, 6) is 0. The molecule has 1 aliphatic heterocycles. The third-order valence-electron chi connectivity index (χ3n) is 9.19. The third kappa shape index (κ3) is 4.42. The number of imidazole rings is 1. The summed E-state index contributed by atoms with van der Waals surface area (Å²) in [6.07, 6.45) is 17.1. The molecule has 2 aliphatic carbocycles. The second kappa shape index (κ2) is 10.6. The molecule has 5 heteroatoms. The van der Waals surface area contributed by atoms with Crippen LogP contribution in [0, 0.1) is 0 Å². The fourth-order valence-electron chi connectivity index (χ4n) is 6.94. The van der Waals surface area contributed by atoms with Crippen LogP contribution in [0.5, 0.6) is 0 Å². The van der Waals surface area contributed by atoms with Crippen molar-refractivity contribution in [1.82, 2.24) is 14.4 Å². The van der Waals surface area contributed by atoms with Crippen molar-refractivity contribution in [2.24, 2.45) is 4.99 Å². The summed E-state index contributed by atoms with van der Waals surface area (Å²) in [4.78, 5) is 15.6. The Labute approximate surface area is 262 Å². The predicted molar refractivity (Wildman–Crippen MR) is 185 cm³/mol. The van der Waals surface area contributed by atoms with Gasteiger partial charge in [-0.3, -0.25) is 9.39 Å². The number of nitrogens with zero attached hydrogens (tertiary/aromatic N) is 4. The lowest BCUT2D eigenvalue weighted by Gasteiger charge is -2.27. The largest absolute Gasteiger partial charge is 0.360 e. The molecule has 0 saturated heterocycles. The van der Waals surface area contributed by atoms with Crippen LogP contribution in [0.4, 0.5) is 5.69 Å². The summed E-state index contributed by atoms with van der Waals surface area (Å²) < 4.78 is 2.09. The molecule has 0 radical (unpaired) electrons. The zero-order valence-corrected chi connectivity index (χ0v) is 24.8. The van der Waals surface area contributed by atoms with Crippen molar-refractivity contribution >= 4 is 39.9 Å². The van der Waals surface area contributed by atoms with Gasteiger partial charge in [-0.15, -0.1) is 0 Å². The topological polar surface area (TPSA) is 54.6 Å². The van der Waals surface area contributed by atoms with Crippen molar-refractivity contribution in [2.75, 3.05) is 5.32 Å². The van der Waals surface area contributed by atoms with Crippen LogP contribution in [-0.4, -0.2) is 20.1 Å². The Morgan fingerprint density at radius 3 is 2.53 bits per heavy atom. The molecule has 0 fully saturated rings. The van der Waals surface area contributed by atoms with Crippen LogP contribution in [-0.2, 0) is 6.42 Å². The Morgan fingerprint density at radius 2 is 1.62 bits per heavy atom. The fraction of sp³-hybridized carbons (Fsp3) is 0.125. The molecular formula is C40H31N5. The van der Waals surface area contributed by atoms with Crippen molar-refractivity contribution < 1.29 is 0 Å². The third-order valence-corrected chi connectivity index (χ3v) is 9.19. The van der Waals surface area contributed by atoms with Crippen molar-refractivity contribution in [1.29, 1.82) is 0 Å². The molecule has 9 rings (SSSR count). The van der Waals surface area contributed by atoms with Crippen LogP contribution in [0.2, 0.25) is 0 Å². The van der Waals surface area contributed by atoms with Gasteiger partial charge in [-0.25, -0.2) is 9.97 Å². The van der Waals surface area contributed by atoms with Gasteiger partial charge < -0.3 is 5.32 Å². The summed E-state index contributed by atoms with van der Waals surface area (Å²) in [5.41, 5.74) is 15.5. The minimum absolute atomic E-state index is 0.226. The second-order valence-electron chi connectivity index (χ2n) is 11.9. The van der Waals surface area contributed by atoms with Crippen LogP contribution in [0.3, 0.4) is 0 Å². The first kappa shape index (κ1) is 25.9. The number of hydrogen-bond donors (Lipinski definition) is 1. The highest BCUT2D eigenvalue weighted by molar-refractivity contribution is 6.17. The van der Waals surface area contributed by atoms with E-state index in [2.05, 4.69) is 113 Å². The maximum absolute atomic E-state index is 5.34. The van der Waals surface area contributed by atoms with Gasteiger partial charge in [0.25, 0.3) is 0 Å². The lowest BCUT2D eigenvalue weighted by Crippen LogP contribution is -2.20. The van der Waals surface area contributed by atoms with Gasteiger partial charge in [0, 0.05) is 34.1 Å². The Bertz CT molecular complexity index is 2250. The average molecular weight is 582 g/mol. The average Bonchev–Trinajstić information content (AvgIpc) is 3.50. The molecule has 5 nitrogen and oxygen atoms in total. The number of aliphatic imine (C=N–C) groups is 1. The standard InChI is InChI=1S/C40H31N5/c1-2-11-26(12-3-1)27-20-22-28(23-21-27)36-33-17-6-7-18-34(33)41-39(43-36)30-14-10-13-29(25-30)37-31-15-4-5-16-32(31)38-40(44-37)45-24-9-8-19-35(45)42-38/h1-2,5-11,13-14,16-25,39,41H,3-4,12,15H2.